The third-order valence-corrected chi connectivity index (χ3v) is 3.20. The minimum atomic E-state index is -0.754. The Kier molecular flexibility index (Phi) is 16.7. The zero-order valence-electron chi connectivity index (χ0n) is 15.3. The molecule has 0 rings (SSSR count). The first-order chi connectivity index (χ1) is 12.2. The number of carboxylic acids is 1. The van der Waals surface area contributed by atoms with Crippen molar-refractivity contribution in [1.29, 1.82) is 0 Å². The van der Waals surface area contributed by atoms with Crippen molar-refractivity contribution in [3.63, 3.8) is 0 Å². The largest absolute Gasteiger partial charge is 0.481 e. The molecule has 0 aromatic heterocycles. The third kappa shape index (κ3) is 19.8. The Morgan fingerprint density at radius 2 is 1.44 bits per heavy atom. The zero-order chi connectivity index (χ0) is 18.6. The van der Waals surface area contributed by atoms with Crippen LogP contribution in [0.25, 0.3) is 0 Å². The standard InChI is InChI=1S/C22H32O3/c1-2-3-15-18-21(23)19-16-13-11-9-7-5-4-6-8-10-12-14-17-20-22(24)25/h3,5-8,11-16,19,21,23H,2,4,9-10,17-18,20H2,1H3,(H,24,25)/b7-5-,8-6-,13-11-,14-12-,15-3-,19-16-. The first kappa shape index (κ1) is 22.9. The number of hydrogen-bond donors (Lipinski definition) is 2. The highest BCUT2D eigenvalue weighted by Crippen LogP contribution is 1.98. The highest BCUT2D eigenvalue weighted by molar-refractivity contribution is 5.66. The minimum absolute atomic E-state index is 0.195. The Hall–Kier alpha value is -2.13. The molecule has 1 unspecified atom stereocenters. The van der Waals surface area contributed by atoms with E-state index in [1.54, 1.807) is 6.08 Å². The molecule has 0 bridgehead atoms. The van der Waals surface area contributed by atoms with E-state index in [4.69, 9.17) is 5.11 Å². The van der Waals surface area contributed by atoms with Gasteiger partial charge in [-0.3, -0.25) is 4.79 Å². The number of carbonyl (C=O) groups is 1. The minimum Gasteiger partial charge on any atom is -0.481 e. The van der Waals surface area contributed by atoms with E-state index in [1.807, 2.05) is 30.4 Å². The lowest BCUT2D eigenvalue weighted by molar-refractivity contribution is -0.136. The van der Waals surface area contributed by atoms with Gasteiger partial charge in [-0.2, -0.15) is 0 Å². The van der Waals surface area contributed by atoms with Crippen LogP contribution in [0, 0.1) is 0 Å². The molecule has 0 saturated heterocycles. The smallest absolute Gasteiger partial charge is 0.303 e. The van der Waals surface area contributed by atoms with E-state index in [0.29, 0.717) is 12.8 Å². The zero-order valence-corrected chi connectivity index (χ0v) is 15.3. The fourth-order valence-electron chi connectivity index (χ4n) is 1.87. The second kappa shape index (κ2) is 18.2. The van der Waals surface area contributed by atoms with E-state index in [9.17, 15) is 9.90 Å². The lowest BCUT2D eigenvalue weighted by atomic mass is 10.2. The van der Waals surface area contributed by atoms with E-state index < -0.39 is 12.1 Å². The summed E-state index contributed by atoms with van der Waals surface area (Å²) in [7, 11) is 0. The van der Waals surface area contributed by atoms with Gasteiger partial charge >= 0.3 is 5.97 Å². The Labute approximate surface area is 152 Å². The molecule has 0 aliphatic carbocycles. The summed E-state index contributed by atoms with van der Waals surface area (Å²) >= 11 is 0. The van der Waals surface area contributed by atoms with E-state index in [2.05, 4.69) is 43.4 Å². The van der Waals surface area contributed by atoms with Crippen LogP contribution in [-0.2, 0) is 4.79 Å². The fourth-order valence-corrected chi connectivity index (χ4v) is 1.87. The molecule has 0 heterocycles. The lowest BCUT2D eigenvalue weighted by Gasteiger charge is -1.98. The summed E-state index contributed by atoms with van der Waals surface area (Å²) in [5, 5.41) is 18.2. The van der Waals surface area contributed by atoms with Crippen molar-refractivity contribution in [2.45, 2.75) is 58.0 Å². The highest BCUT2D eigenvalue weighted by atomic mass is 16.4. The molecule has 0 aromatic carbocycles. The quantitative estimate of drug-likeness (QED) is 0.322. The normalized spacial score (nSPS) is 14.3. The summed E-state index contributed by atoms with van der Waals surface area (Å²) in [6, 6.07) is 0. The van der Waals surface area contributed by atoms with Gasteiger partial charge in [-0.25, -0.2) is 0 Å². The van der Waals surface area contributed by atoms with Crippen molar-refractivity contribution in [3.8, 4) is 0 Å². The molecular weight excluding hydrogens is 312 g/mol. The van der Waals surface area contributed by atoms with Gasteiger partial charge in [0.1, 0.15) is 0 Å². The number of hydrogen-bond acceptors (Lipinski definition) is 2. The molecule has 0 saturated carbocycles. The molecule has 138 valence electrons. The second-order valence-electron chi connectivity index (χ2n) is 5.55. The molecule has 3 nitrogen and oxygen atoms in total. The Bertz CT molecular complexity index is 493. The molecule has 0 spiro atoms. The predicted octanol–water partition coefficient (Wildman–Crippen LogP) is 5.52. The van der Waals surface area contributed by atoms with Crippen LogP contribution in [0.15, 0.2) is 72.9 Å². The molecule has 25 heavy (non-hydrogen) atoms. The number of rotatable bonds is 14. The van der Waals surface area contributed by atoms with Crippen molar-refractivity contribution >= 4 is 5.97 Å². The molecule has 1 atom stereocenters. The summed E-state index contributed by atoms with van der Waals surface area (Å²) in [4.78, 5) is 10.3. The van der Waals surface area contributed by atoms with Gasteiger partial charge in [-0.15, -0.1) is 0 Å². The highest BCUT2D eigenvalue weighted by Gasteiger charge is 1.92. The van der Waals surface area contributed by atoms with Crippen LogP contribution in [0.4, 0.5) is 0 Å². The monoisotopic (exact) mass is 344 g/mol. The summed E-state index contributed by atoms with van der Waals surface area (Å²) < 4.78 is 0. The van der Waals surface area contributed by atoms with Crippen molar-refractivity contribution in [1.82, 2.24) is 0 Å². The molecule has 0 fully saturated rings. The Morgan fingerprint density at radius 1 is 0.840 bits per heavy atom. The molecule has 0 aromatic rings. The van der Waals surface area contributed by atoms with Gasteiger partial charge in [-0.1, -0.05) is 79.8 Å². The fraction of sp³-hybridized carbons (Fsp3) is 0.409. The van der Waals surface area contributed by atoms with E-state index in [1.165, 1.54) is 0 Å². The van der Waals surface area contributed by atoms with Crippen molar-refractivity contribution in [3.05, 3.63) is 72.9 Å². The first-order valence-corrected chi connectivity index (χ1v) is 9.00. The summed E-state index contributed by atoms with van der Waals surface area (Å²) in [6.45, 7) is 2.08. The molecule has 0 amide bonds. The first-order valence-electron chi connectivity index (χ1n) is 9.00. The SMILES string of the molecule is CC/C=C\CC(O)/C=C\C=C/C/C=C\C/C=C\C/C=C\CCC(=O)O. The predicted molar refractivity (Wildman–Crippen MR) is 106 cm³/mol. The van der Waals surface area contributed by atoms with Crippen LogP contribution in [0.3, 0.4) is 0 Å². The molecular formula is C22H32O3. The average molecular weight is 344 g/mol. The van der Waals surface area contributed by atoms with E-state index in [-0.39, 0.29) is 6.42 Å². The maximum absolute atomic E-state index is 10.3. The Morgan fingerprint density at radius 3 is 2.04 bits per heavy atom. The van der Waals surface area contributed by atoms with Crippen molar-refractivity contribution in [2.75, 3.05) is 0 Å². The van der Waals surface area contributed by atoms with Crippen molar-refractivity contribution < 1.29 is 15.0 Å². The lowest BCUT2D eigenvalue weighted by Crippen LogP contribution is -1.98. The van der Waals surface area contributed by atoms with Crippen molar-refractivity contribution in [2.24, 2.45) is 0 Å². The summed E-state index contributed by atoms with van der Waals surface area (Å²) in [5.41, 5.74) is 0. The summed E-state index contributed by atoms with van der Waals surface area (Å²) in [5.74, 6) is -0.754. The molecule has 3 heteroatoms. The topological polar surface area (TPSA) is 57.5 Å². The van der Waals surface area contributed by atoms with E-state index >= 15 is 0 Å². The number of aliphatic hydroxyl groups excluding tert-OH is 1. The van der Waals surface area contributed by atoms with Gasteiger partial charge in [0, 0.05) is 6.42 Å². The van der Waals surface area contributed by atoms with Crippen LogP contribution in [0.2, 0.25) is 0 Å². The van der Waals surface area contributed by atoms with Gasteiger partial charge in [-0.05, 0) is 38.5 Å². The number of allylic oxidation sites excluding steroid dienone is 10. The Balaban J connectivity index is 3.66. The van der Waals surface area contributed by atoms with Gasteiger partial charge < -0.3 is 10.2 Å². The van der Waals surface area contributed by atoms with Gasteiger partial charge in [0.2, 0.25) is 0 Å². The third-order valence-electron chi connectivity index (χ3n) is 3.20. The molecule has 2 N–H and O–H groups in total. The summed E-state index contributed by atoms with van der Waals surface area (Å²) in [6.07, 6.45) is 28.7. The molecule has 0 aliphatic heterocycles. The van der Waals surface area contributed by atoms with Crippen LogP contribution < -0.4 is 0 Å². The average Bonchev–Trinajstić information content (AvgIpc) is 2.58. The number of aliphatic carboxylic acids is 1. The van der Waals surface area contributed by atoms with Gasteiger partial charge in [0.15, 0.2) is 0 Å². The van der Waals surface area contributed by atoms with Gasteiger partial charge in [0.25, 0.3) is 0 Å². The second-order valence-corrected chi connectivity index (χ2v) is 5.55. The van der Waals surface area contributed by atoms with Gasteiger partial charge in [0.05, 0.1) is 6.10 Å². The van der Waals surface area contributed by atoms with Crippen LogP contribution in [0.1, 0.15) is 51.9 Å². The van der Waals surface area contributed by atoms with E-state index in [0.717, 1.165) is 25.7 Å². The molecule has 0 aliphatic rings. The maximum atomic E-state index is 10.3. The number of aliphatic hydroxyl groups is 1. The van der Waals surface area contributed by atoms with Crippen LogP contribution >= 0.6 is 0 Å². The number of carboxylic acid groups (broad SMARTS) is 1. The maximum Gasteiger partial charge on any atom is 0.303 e. The van der Waals surface area contributed by atoms with Crippen LogP contribution in [-0.4, -0.2) is 22.3 Å². The molecule has 0 radical (unpaired) electrons. The van der Waals surface area contributed by atoms with Crippen LogP contribution in [0.5, 0.6) is 0 Å².